The maximum absolute atomic E-state index is 12.6. The summed E-state index contributed by atoms with van der Waals surface area (Å²) >= 11 is 0. The van der Waals surface area contributed by atoms with E-state index in [1.54, 1.807) is 32.0 Å². The smallest absolute Gasteiger partial charge is 0.243 e. The van der Waals surface area contributed by atoms with Crippen LogP contribution in [-0.4, -0.2) is 35.0 Å². The molecule has 0 unspecified atom stereocenters. The van der Waals surface area contributed by atoms with Crippen LogP contribution in [0, 0.1) is 13.8 Å². The Hall–Kier alpha value is -1.77. The fourth-order valence-electron chi connectivity index (χ4n) is 2.04. The highest BCUT2D eigenvalue weighted by Gasteiger charge is 2.24. The van der Waals surface area contributed by atoms with E-state index in [0.29, 0.717) is 23.8 Å². The fourth-order valence-corrected chi connectivity index (χ4v) is 3.37. The zero-order valence-electron chi connectivity index (χ0n) is 12.3. The molecule has 0 aliphatic carbocycles. The van der Waals surface area contributed by atoms with Gasteiger partial charge in [-0.1, -0.05) is 12.1 Å². The Morgan fingerprint density at radius 1 is 1.33 bits per heavy atom. The van der Waals surface area contributed by atoms with Crippen molar-refractivity contribution in [1.82, 2.24) is 19.5 Å². The lowest BCUT2D eigenvalue weighted by Gasteiger charge is -2.17. The first-order valence-corrected chi connectivity index (χ1v) is 7.92. The van der Waals surface area contributed by atoms with Crippen LogP contribution < -0.4 is 5.73 Å². The van der Waals surface area contributed by atoms with Gasteiger partial charge in [0.1, 0.15) is 5.82 Å². The van der Waals surface area contributed by atoms with Gasteiger partial charge in [-0.15, -0.1) is 0 Å². The van der Waals surface area contributed by atoms with E-state index in [0.717, 1.165) is 5.56 Å². The van der Waals surface area contributed by atoms with Gasteiger partial charge in [0.25, 0.3) is 0 Å². The van der Waals surface area contributed by atoms with Crippen LogP contribution in [-0.2, 0) is 23.1 Å². The maximum atomic E-state index is 12.6. The van der Waals surface area contributed by atoms with E-state index in [1.807, 2.05) is 0 Å². The molecule has 1 aromatic heterocycles. The number of hydrogen-bond acceptors (Lipinski definition) is 5. The molecule has 2 aromatic rings. The predicted molar refractivity (Wildman–Crippen MR) is 78.8 cm³/mol. The molecule has 7 nitrogen and oxygen atoms in total. The Morgan fingerprint density at radius 3 is 2.57 bits per heavy atom. The van der Waals surface area contributed by atoms with Gasteiger partial charge in [0.05, 0.1) is 11.4 Å². The number of aromatic amines is 1. The number of aromatic nitrogens is 3. The zero-order chi connectivity index (χ0) is 15.6. The first kappa shape index (κ1) is 15.6. The van der Waals surface area contributed by atoms with Crippen LogP contribution in [0.15, 0.2) is 23.1 Å². The van der Waals surface area contributed by atoms with Crippen LogP contribution in [0.1, 0.15) is 22.8 Å². The number of aryl methyl sites for hydroxylation is 2. The summed E-state index contributed by atoms with van der Waals surface area (Å²) < 4.78 is 26.4. The summed E-state index contributed by atoms with van der Waals surface area (Å²) in [6.45, 7) is 4.02. The first-order valence-electron chi connectivity index (χ1n) is 6.48. The largest absolute Gasteiger partial charge is 0.326 e. The van der Waals surface area contributed by atoms with E-state index in [-0.39, 0.29) is 11.4 Å². The van der Waals surface area contributed by atoms with Crippen LogP contribution in [0.5, 0.6) is 0 Å². The van der Waals surface area contributed by atoms with Crippen molar-refractivity contribution in [2.75, 3.05) is 7.05 Å². The molecule has 3 N–H and O–H groups in total. The Morgan fingerprint density at radius 2 is 2.05 bits per heavy atom. The van der Waals surface area contributed by atoms with Crippen LogP contribution in [0.25, 0.3) is 0 Å². The maximum Gasteiger partial charge on any atom is 0.243 e. The monoisotopic (exact) mass is 309 g/mol. The molecule has 0 saturated carbocycles. The molecule has 0 aliphatic rings. The SMILES string of the molecule is Cc1nc(CN(C)S(=O)(=O)c2ccc(CN)cc2C)n[nH]1. The van der Waals surface area contributed by atoms with E-state index < -0.39 is 10.0 Å². The molecule has 0 atom stereocenters. The second-order valence-corrected chi connectivity index (χ2v) is 6.92. The quantitative estimate of drug-likeness (QED) is 0.846. The average molecular weight is 309 g/mol. The average Bonchev–Trinajstić information content (AvgIpc) is 2.83. The number of nitrogens with one attached hydrogen (secondary N) is 1. The molecular weight excluding hydrogens is 290 g/mol. The van der Waals surface area contributed by atoms with Gasteiger partial charge in [0.15, 0.2) is 5.82 Å². The second kappa shape index (κ2) is 5.92. The summed E-state index contributed by atoms with van der Waals surface area (Å²) in [7, 11) is -2.07. The number of benzene rings is 1. The number of nitrogens with zero attached hydrogens (tertiary/aromatic N) is 3. The third kappa shape index (κ3) is 3.29. The Balaban J connectivity index is 2.28. The van der Waals surface area contributed by atoms with Gasteiger partial charge in [0, 0.05) is 13.6 Å². The highest BCUT2D eigenvalue weighted by atomic mass is 32.2. The van der Waals surface area contributed by atoms with Crippen molar-refractivity contribution >= 4 is 10.0 Å². The molecule has 0 spiro atoms. The Labute approximate surface area is 124 Å². The van der Waals surface area contributed by atoms with Crippen molar-refractivity contribution in [3.05, 3.63) is 41.0 Å². The highest BCUT2D eigenvalue weighted by molar-refractivity contribution is 7.89. The van der Waals surface area contributed by atoms with E-state index in [2.05, 4.69) is 15.2 Å². The van der Waals surface area contributed by atoms with Crippen molar-refractivity contribution < 1.29 is 8.42 Å². The van der Waals surface area contributed by atoms with Crippen molar-refractivity contribution in [1.29, 1.82) is 0 Å². The summed E-state index contributed by atoms with van der Waals surface area (Å²) in [4.78, 5) is 4.39. The Bertz CT molecular complexity index is 739. The minimum absolute atomic E-state index is 0.116. The topological polar surface area (TPSA) is 105 Å². The number of hydrogen-bond donors (Lipinski definition) is 2. The molecule has 0 amide bonds. The molecular formula is C13H19N5O2S. The van der Waals surface area contributed by atoms with Crippen molar-refractivity contribution in [3.63, 3.8) is 0 Å². The molecule has 2 rings (SSSR count). The highest BCUT2D eigenvalue weighted by Crippen LogP contribution is 2.21. The third-order valence-electron chi connectivity index (χ3n) is 3.17. The number of nitrogens with two attached hydrogens (primary N) is 1. The normalized spacial score (nSPS) is 12.0. The van der Waals surface area contributed by atoms with Crippen LogP contribution in [0.3, 0.4) is 0 Å². The molecule has 1 aromatic carbocycles. The molecule has 0 fully saturated rings. The second-order valence-electron chi connectivity index (χ2n) is 4.90. The molecule has 0 bridgehead atoms. The van der Waals surface area contributed by atoms with Gasteiger partial charge in [-0.2, -0.15) is 9.40 Å². The van der Waals surface area contributed by atoms with E-state index in [1.165, 1.54) is 11.4 Å². The van der Waals surface area contributed by atoms with E-state index in [9.17, 15) is 8.42 Å². The lowest BCUT2D eigenvalue weighted by atomic mass is 10.1. The van der Waals surface area contributed by atoms with Gasteiger partial charge in [-0.3, -0.25) is 5.10 Å². The summed E-state index contributed by atoms with van der Waals surface area (Å²) in [5.41, 5.74) is 7.14. The molecule has 0 aliphatic heterocycles. The summed E-state index contributed by atoms with van der Waals surface area (Å²) in [6, 6.07) is 5.11. The number of sulfonamides is 1. The first-order chi connectivity index (χ1) is 9.84. The lowest BCUT2D eigenvalue weighted by Crippen LogP contribution is -2.27. The van der Waals surface area contributed by atoms with Crippen LogP contribution >= 0.6 is 0 Å². The van der Waals surface area contributed by atoms with Gasteiger partial charge in [0.2, 0.25) is 10.0 Å². The van der Waals surface area contributed by atoms with E-state index >= 15 is 0 Å². The zero-order valence-corrected chi connectivity index (χ0v) is 13.1. The summed E-state index contributed by atoms with van der Waals surface area (Å²) in [5.74, 6) is 1.09. The molecule has 1 heterocycles. The lowest BCUT2D eigenvalue weighted by molar-refractivity contribution is 0.456. The molecule has 8 heteroatoms. The standard InChI is InChI=1S/C13H19N5O2S/c1-9-6-11(7-14)4-5-12(9)21(19,20)18(3)8-13-15-10(2)16-17-13/h4-6H,7-8,14H2,1-3H3,(H,15,16,17). The summed E-state index contributed by atoms with van der Waals surface area (Å²) in [6.07, 6.45) is 0. The van der Waals surface area contributed by atoms with Crippen LogP contribution in [0.2, 0.25) is 0 Å². The van der Waals surface area contributed by atoms with Gasteiger partial charge in [-0.25, -0.2) is 13.4 Å². The third-order valence-corrected chi connectivity index (χ3v) is 5.13. The minimum atomic E-state index is -3.58. The number of H-pyrrole nitrogens is 1. The van der Waals surface area contributed by atoms with Crippen molar-refractivity contribution in [2.45, 2.75) is 31.8 Å². The van der Waals surface area contributed by atoms with Crippen LogP contribution in [0.4, 0.5) is 0 Å². The Kier molecular flexibility index (Phi) is 4.40. The number of rotatable bonds is 5. The van der Waals surface area contributed by atoms with Gasteiger partial charge < -0.3 is 5.73 Å². The van der Waals surface area contributed by atoms with Crippen molar-refractivity contribution in [2.24, 2.45) is 5.73 Å². The van der Waals surface area contributed by atoms with Gasteiger partial charge in [-0.05, 0) is 31.0 Å². The minimum Gasteiger partial charge on any atom is -0.326 e. The molecule has 0 radical (unpaired) electrons. The van der Waals surface area contributed by atoms with Gasteiger partial charge >= 0.3 is 0 Å². The predicted octanol–water partition coefficient (Wildman–Crippen LogP) is 0.701. The molecule has 21 heavy (non-hydrogen) atoms. The molecule has 114 valence electrons. The van der Waals surface area contributed by atoms with E-state index in [4.69, 9.17) is 5.73 Å². The van der Waals surface area contributed by atoms with Crippen molar-refractivity contribution in [3.8, 4) is 0 Å². The fraction of sp³-hybridized carbons (Fsp3) is 0.385. The molecule has 0 saturated heterocycles. The summed E-state index contributed by atoms with van der Waals surface area (Å²) in [5, 5.41) is 6.65.